The van der Waals surface area contributed by atoms with Crippen LogP contribution in [0, 0.1) is 11.3 Å². The van der Waals surface area contributed by atoms with E-state index in [0.29, 0.717) is 18.6 Å². The molecule has 142 valence electrons. The van der Waals surface area contributed by atoms with Gasteiger partial charge in [-0.2, -0.15) is 5.26 Å². The number of nitriles is 1. The summed E-state index contributed by atoms with van der Waals surface area (Å²) in [5.74, 6) is -2.51. The summed E-state index contributed by atoms with van der Waals surface area (Å²) in [5.41, 5.74) is 2.33. The summed E-state index contributed by atoms with van der Waals surface area (Å²) < 4.78 is 6.08. The highest BCUT2D eigenvalue weighted by Gasteiger charge is 2.27. The number of aromatic nitrogens is 1. The predicted molar refractivity (Wildman–Crippen MR) is 98.1 cm³/mol. The Labute approximate surface area is 156 Å². The van der Waals surface area contributed by atoms with Crippen molar-refractivity contribution in [3.63, 3.8) is 0 Å². The van der Waals surface area contributed by atoms with Gasteiger partial charge in [-0.25, -0.2) is 9.59 Å². The standard InChI is InChI=1S/C15H17N3O.C4H4O4/c1-18-9-11(5-7-16)19-15(10-18)13-3-2-4-14-12(13)6-8-17-14;5-3(6)1-2-4(7)8/h2-4,6,8,11,15,17H,5,9-10H2,1H3;1-2H,(H,5,6)(H,7,8)/b;2-1+/t11-,15-;/m0./s1. The Morgan fingerprint density at radius 2 is 2.00 bits per heavy atom. The average Bonchev–Trinajstić information content (AvgIpc) is 3.09. The SMILES string of the molecule is CN1C[C@H](CC#N)O[C@H](c2cccc3[nH]ccc23)C1.O=C(O)/C=C/C(=O)O. The van der Waals surface area contributed by atoms with Crippen molar-refractivity contribution in [3.05, 3.63) is 48.2 Å². The Hall–Kier alpha value is -3.15. The number of ether oxygens (including phenoxy) is 1. The number of morpholine rings is 1. The fourth-order valence-corrected chi connectivity index (χ4v) is 2.94. The number of nitrogens with one attached hydrogen (secondary N) is 1. The summed E-state index contributed by atoms with van der Waals surface area (Å²) in [6.45, 7) is 1.69. The zero-order valence-electron chi connectivity index (χ0n) is 14.8. The fourth-order valence-electron chi connectivity index (χ4n) is 2.94. The first kappa shape index (κ1) is 20.2. The zero-order chi connectivity index (χ0) is 19.8. The molecule has 0 amide bonds. The van der Waals surface area contributed by atoms with E-state index in [0.717, 1.165) is 18.6 Å². The molecule has 1 aromatic heterocycles. The van der Waals surface area contributed by atoms with Gasteiger partial charge in [-0.1, -0.05) is 12.1 Å². The Bertz CT molecular complexity index is 852. The van der Waals surface area contributed by atoms with Crippen molar-refractivity contribution in [2.75, 3.05) is 20.1 Å². The van der Waals surface area contributed by atoms with Crippen LogP contribution in [0.5, 0.6) is 0 Å². The van der Waals surface area contributed by atoms with Crippen LogP contribution in [0.2, 0.25) is 0 Å². The van der Waals surface area contributed by atoms with Crippen LogP contribution in [0.25, 0.3) is 10.9 Å². The number of nitrogens with zero attached hydrogens (tertiary/aromatic N) is 2. The van der Waals surface area contributed by atoms with E-state index in [1.54, 1.807) is 0 Å². The van der Waals surface area contributed by atoms with Gasteiger partial charge < -0.3 is 24.8 Å². The lowest BCUT2D eigenvalue weighted by Gasteiger charge is -2.35. The summed E-state index contributed by atoms with van der Waals surface area (Å²) in [5, 5.41) is 25.7. The molecular formula is C19H21N3O5. The quantitative estimate of drug-likeness (QED) is 0.703. The highest BCUT2D eigenvalue weighted by atomic mass is 16.5. The average molecular weight is 371 g/mol. The number of likely N-dealkylation sites (N-methyl/N-ethyl adjacent to an activating group) is 1. The van der Waals surface area contributed by atoms with Gasteiger partial charge in [0.05, 0.1) is 24.7 Å². The van der Waals surface area contributed by atoms with Gasteiger partial charge in [0, 0.05) is 42.3 Å². The second-order valence-electron chi connectivity index (χ2n) is 6.13. The van der Waals surface area contributed by atoms with Crippen LogP contribution in [0.15, 0.2) is 42.6 Å². The molecule has 0 spiro atoms. The molecule has 8 nitrogen and oxygen atoms in total. The first-order chi connectivity index (χ1) is 12.9. The number of fused-ring (bicyclic) bond motifs is 1. The number of rotatable bonds is 4. The largest absolute Gasteiger partial charge is 0.478 e. The second kappa shape index (κ2) is 9.52. The Kier molecular flexibility index (Phi) is 7.11. The second-order valence-corrected chi connectivity index (χ2v) is 6.13. The maximum Gasteiger partial charge on any atom is 0.328 e. The molecule has 0 radical (unpaired) electrons. The van der Waals surface area contributed by atoms with Gasteiger partial charge in [0.1, 0.15) is 0 Å². The van der Waals surface area contributed by atoms with Gasteiger partial charge in [-0.15, -0.1) is 0 Å². The van der Waals surface area contributed by atoms with Crippen LogP contribution in [-0.4, -0.2) is 58.3 Å². The Morgan fingerprint density at radius 1 is 1.30 bits per heavy atom. The van der Waals surface area contributed by atoms with Crippen molar-refractivity contribution >= 4 is 22.8 Å². The zero-order valence-corrected chi connectivity index (χ0v) is 14.8. The van der Waals surface area contributed by atoms with Crippen LogP contribution < -0.4 is 0 Å². The number of hydrogen-bond acceptors (Lipinski definition) is 5. The van der Waals surface area contributed by atoms with Crippen LogP contribution in [-0.2, 0) is 14.3 Å². The van der Waals surface area contributed by atoms with E-state index in [2.05, 4.69) is 41.2 Å². The third kappa shape index (κ3) is 5.95. The molecule has 2 atom stereocenters. The van der Waals surface area contributed by atoms with Crippen LogP contribution >= 0.6 is 0 Å². The number of carbonyl (C=O) groups is 2. The molecule has 27 heavy (non-hydrogen) atoms. The number of aromatic amines is 1. The summed E-state index contributed by atoms with van der Waals surface area (Å²) in [6, 6.07) is 10.5. The Morgan fingerprint density at radius 3 is 2.63 bits per heavy atom. The topological polar surface area (TPSA) is 127 Å². The summed E-state index contributed by atoms with van der Waals surface area (Å²) in [6.07, 6.45) is 3.56. The molecule has 1 saturated heterocycles. The normalized spacial score (nSPS) is 20.0. The van der Waals surface area contributed by atoms with Crippen molar-refractivity contribution in [2.24, 2.45) is 0 Å². The van der Waals surface area contributed by atoms with E-state index < -0.39 is 11.9 Å². The van der Waals surface area contributed by atoms with E-state index in [1.165, 1.54) is 10.9 Å². The lowest BCUT2D eigenvalue weighted by atomic mass is 10.0. The predicted octanol–water partition coefficient (Wildman–Crippen LogP) is 2.17. The summed E-state index contributed by atoms with van der Waals surface area (Å²) >= 11 is 0. The van der Waals surface area contributed by atoms with Gasteiger partial charge in [0.15, 0.2) is 0 Å². The number of carboxylic acids is 2. The van der Waals surface area contributed by atoms with Crippen molar-refractivity contribution in [2.45, 2.75) is 18.6 Å². The molecule has 2 aromatic rings. The molecule has 1 aromatic carbocycles. The highest BCUT2D eigenvalue weighted by Crippen LogP contribution is 2.30. The molecule has 8 heteroatoms. The third-order valence-corrected chi connectivity index (χ3v) is 4.01. The highest BCUT2D eigenvalue weighted by molar-refractivity contribution is 5.89. The van der Waals surface area contributed by atoms with Crippen molar-refractivity contribution in [3.8, 4) is 6.07 Å². The van der Waals surface area contributed by atoms with Crippen LogP contribution in [0.4, 0.5) is 0 Å². The minimum Gasteiger partial charge on any atom is -0.478 e. The van der Waals surface area contributed by atoms with E-state index in [-0.39, 0.29) is 12.2 Å². The maximum atomic E-state index is 9.55. The summed E-state index contributed by atoms with van der Waals surface area (Å²) in [7, 11) is 2.08. The van der Waals surface area contributed by atoms with Gasteiger partial charge in [-0.3, -0.25) is 0 Å². The van der Waals surface area contributed by atoms with E-state index in [9.17, 15) is 9.59 Å². The molecule has 0 saturated carbocycles. The lowest BCUT2D eigenvalue weighted by molar-refractivity contribution is -0.134. The minimum atomic E-state index is -1.26. The smallest absolute Gasteiger partial charge is 0.328 e. The summed E-state index contributed by atoms with van der Waals surface area (Å²) in [4.78, 5) is 24.6. The third-order valence-electron chi connectivity index (χ3n) is 4.01. The monoisotopic (exact) mass is 371 g/mol. The molecule has 0 bridgehead atoms. The van der Waals surface area contributed by atoms with Crippen molar-refractivity contribution in [1.82, 2.24) is 9.88 Å². The van der Waals surface area contributed by atoms with Gasteiger partial charge in [0.25, 0.3) is 0 Å². The van der Waals surface area contributed by atoms with Crippen LogP contribution in [0.3, 0.4) is 0 Å². The lowest BCUT2D eigenvalue weighted by Crippen LogP contribution is -2.41. The number of aliphatic carboxylic acids is 2. The van der Waals surface area contributed by atoms with Crippen LogP contribution in [0.1, 0.15) is 18.1 Å². The molecule has 1 aliphatic rings. The van der Waals surface area contributed by atoms with Gasteiger partial charge in [-0.05, 0) is 24.7 Å². The number of carboxylic acid groups (broad SMARTS) is 2. The number of hydrogen-bond donors (Lipinski definition) is 3. The molecule has 3 N–H and O–H groups in total. The minimum absolute atomic E-state index is 0.00273. The molecular weight excluding hydrogens is 350 g/mol. The van der Waals surface area contributed by atoms with Gasteiger partial charge in [0.2, 0.25) is 0 Å². The van der Waals surface area contributed by atoms with Gasteiger partial charge >= 0.3 is 11.9 Å². The molecule has 1 fully saturated rings. The van der Waals surface area contributed by atoms with E-state index >= 15 is 0 Å². The maximum absolute atomic E-state index is 9.55. The number of H-pyrrole nitrogens is 1. The van der Waals surface area contributed by atoms with E-state index in [4.69, 9.17) is 20.2 Å². The van der Waals surface area contributed by atoms with E-state index in [1.807, 2.05) is 12.3 Å². The first-order valence-corrected chi connectivity index (χ1v) is 8.31. The number of benzene rings is 1. The fraction of sp³-hybridized carbons (Fsp3) is 0.316. The van der Waals surface area contributed by atoms with Crippen molar-refractivity contribution < 1.29 is 24.5 Å². The molecule has 2 heterocycles. The van der Waals surface area contributed by atoms with Crippen molar-refractivity contribution in [1.29, 1.82) is 5.26 Å². The molecule has 0 unspecified atom stereocenters. The molecule has 0 aliphatic carbocycles. The molecule has 3 rings (SSSR count). The Balaban J connectivity index is 0.000000279. The molecule has 1 aliphatic heterocycles. The first-order valence-electron chi connectivity index (χ1n) is 8.31.